The van der Waals surface area contributed by atoms with Crippen LogP contribution in [0.2, 0.25) is 5.02 Å². The minimum absolute atomic E-state index is 0.0915. The molecule has 0 radical (unpaired) electrons. The minimum Gasteiger partial charge on any atom is -0.455 e. The van der Waals surface area contributed by atoms with Gasteiger partial charge < -0.3 is 29.3 Å². The molecule has 2 aromatic carbocycles. The van der Waals surface area contributed by atoms with E-state index < -0.39 is 65.6 Å². The zero-order valence-electron chi connectivity index (χ0n) is 29.9. The number of anilines is 1. The van der Waals surface area contributed by atoms with Crippen LogP contribution < -0.4 is 4.90 Å². The van der Waals surface area contributed by atoms with Crippen LogP contribution in [0.5, 0.6) is 0 Å². The highest BCUT2D eigenvalue weighted by atomic mass is 35.5. The van der Waals surface area contributed by atoms with Crippen LogP contribution in [0.25, 0.3) is 0 Å². The van der Waals surface area contributed by atoms with Crippen molar-refractivity contribution in [2.75, 3.05) is 25.1 Å². The molecule has 0 aliphatic carbocycles. The van der Waals surface area contributed by atoms with Gasteiger partial charge in [-0.2, -0.15) is 0 Å². The Kier molecular flexibility index (Phi) is 12.1. The predicted octanol–water partition coefficient (Wildman–Crippen LogP) is 5.74. The van der Waals surface area contributed by atoms with Crippen LogP contribution in [0, 0.1) is 17.8 Å². The van der Waals surface area contributed by atoms with Gasteiger partial charge in [-0.15, -0.1) is 13.2 Å². The number of rotatable bonds is 16. The Balaban J connectivity index is 1.54. The number of hydrogen-bond donors (Lipinski definition) is 1. The summed E-state index contributed by atoms with van der Waals surface area (Å²) in [5.74, 6) is -3.52. The molecule has 0 saturated carbocycles. The topological polar surface area (TPSA) is 117 Å². The first kappa shape index (κ1) is 38.2. The number of carbonyl (C=O) groups excluding carboxylic acids is 4. The summed E-state index contributed by atoms with van der Waals surface area (Å²) in [7, 11) is 1.68. The van der Waals surface area contributed by atoms with Crippen LogP contribution in [0.15, 0.2) is 79.9 Å². The van der Waals surface area contributed by atoms with Crippen LogP contribution >= 0.6 is 11.6 Å². The number of aliphatic hydroxyl groups excluding tert-OH is 1. The highest BCUT2D eigenvalue weighted by Gasteiger charge is 2.76. The van der Waals surface area contributed by atoms with Gasteiger partial charge in [0.2, 0.25) is 11.8 Å². The van der Waals surface area contributed by atoms with E-state index in [4.69, 9.17) is 21.1 Å². The molecule has 3 heterocycles. The SMILES string of the molecule is C=CCCC(=O)N(C)[C@@H](C)[C@@H](OC(=O)[C@@H]1[C@H]2C(=O)N([C@@H](CO)CC(C)C)[C@H](C(=O)N(CC=C)c3ccccc3Cl)[C@]23CC[C@H]1O3)c1ccccc1. The molecule has 274 valence electrons. The quantitative estimate of drug-likeness (QED) is 0.174. The molecule has 0 unspecified atom stereocenters. The molecule has 51 heavy (non-hydrogen) atoms. The van der Waals surface area contributed by atoms with E-state index in [1.54, 1.807) is 48.4 Å². The minimum atomic E-state index is -1.33. The lowest BCUT2D eigenvalue weighted by Crippen LogP contribution is -2.59. The van der Waals surface area contributed by atoms with Crippen molar-refractivity contribution in [1.29, 1.82) is 0 Å². The molecule has 5 rings (SSSR count). The molecule has 3 saturated heterocycles. The summed E-state index contributed by atoms with van der Waals surface area (Å²) in [6.07, 6.45) is 3.79. The van der Waals surface area contributed by atoms with Crippen LogP contribution in [0.1, 0.15) is 64.5 Å². The Morgan fingerprint density at radius 3 is 2.41 bits per heavy atom. The summed E-state index contributed by atoms with van der Waals surface area (Å²) >= 11 is 6.60. The van der Waals surface area contributed by atoms with Gasteiger partial charge in [-0.05, 0) is 56.2 Å². The third-order valence-electron chi connectivity index (χ3n) is 10.7. The summed E-state index contributed by atoms with van der Waals surface area (Å²) in [4.78, 5) is 61.8. The summed E-state index contributed by atoms with van der Waals surface area (Å²) in [6.45, 7) is 13.1. The van der Waals surface area contributed by atoms with E-state index in [1.165, 1.54) is 9.80 Å². The molecule has 2 aromatic rings. The first-order valence-electron chi connectivity index (χ1n) is 17.8. The molecule has 3 aliphatic rings. The lowest BCUT2D eigenvalue weighted by Gasteiger charge is -2.39. The molecule has 10 nitrogen and oxygen atoms in total. The molecule has 8 atom stereocenters. The molecule has 2 bridgehead atoms. The van der Waals surface area contributed by atoms with Crippen molar-refractivity contribution in [2.45, 2.75) is 88.8 Å². The highest BCUT2D eigenvalue weighted by Crippen LogP contribution is 2.59. The molecule has 3 aliphatic heterocycles. The van der Waals surface area contributed by atoms with E-state index >= 15 is 0 Å². The lowest BCUT2D eigenvalue weighted by atomic mass is 9.70. The second kappa shape index (κ2) is 16.1. The molecular formula is C40H50ClN3O7. The maximum absolute atomic E-state index is 14.9. The lowest BCUT2D eigenvalue weighted by molar-refractivity contribution is -0.165. The molecule has 1 spiro atoms. The van der Waals surface area contributed by atoms with Crippen molar-refractivity contribution >= 4 is 41.0 Å². The molecule has 3 amide bonds. The zero-order chi connectivity index (χ0) is 37.0. The molecule has 0 aromatic heterocycles. The molecule has 1 N–H and O–H groups in total. The van der Waals surface area contributed by atoms with E-state index in [2.05, 4.69) is 13.2 Å². The number of carbonyl (C=O) groups is 4. The number of para-hydroxylation sites is 1. The van der Waals surface area contributed by atoms with Gasteiger partial charge in [0.15, 0.2) is 0 Å². The number of allylic oxidation sites excluding steroid dienone is 1. The monoisotopic (exact) mass is 719 g/mol. The predicted molar refractivity (Wildman–Crippen MR) is 196 cm³/mol. The van der Waals surface area contributed by atoms with Gasteiger partial charge in [0.05, 0.1) is 47.3 Å². The average molecular weight is 720 g/mol. The Labute approximate surface area is 306 Å². The van der Waals surface area contributed by atoms with Gasteiger partial charge in [-0.3, -0.25) is 19.2 Å². The van der Waals surface area contributed by atoms with E-state index in [9.17, 15) is 24.3 Å². The maximum atomic E-state index is 14.9. The summed E-state index contributed by atoms with van der Waals surface area (Å²) in [6, 6.07) is 13.8. The fourth-order valence-corrected chi connectivity index (χ4v) is 8.47. The molecular weight excluding hydrogens is 670 g/mol. The number of esters is 1. The second-order valence-electron chi connectivity index (χ2n) is 14.3. The maximum Gasteiger partial charge on any atom is 0.313 e. The Morgan fingerprint density at radius 1 is 1.10 bits per heavy atom. The van der Waals surface area contributed by atoms with Gasteiger partial charge in [0.1, 0.15) is 17.7 Å². The summed E-state index contributed by atoms with van der Waals surface area (Å²) < 4.78 is 13.0. The largest absolute Gasteiger partial charge is 0.455 e. The van der Waals surface area contributed by atoms with E-state index in [0.717, 1.165) is 0 Å². The van der Waals surface area contributed by atoms with Crippen molar-refractivity contribution in [3.63, 3.8) is 0 Å². The fraction of sp³-hybridized carbons (Fsp3) is 0.500. The normalized spacial score (nSPS) is 25.2. The number of fused-ring (bicyclic) bond motifs is 1. The molecule has 3 fully saturated rings. The van der Waals surface area contributed by atoms with Crippen molar-refractivity contribution in [1.82, 2.24) is 9.80 Å². The van der Waals surface area contributed by atoms with Crippen LogP contribution in [0.3, 0.4) is 0 Å². The van der Waals surface area contributed by atoms with E-state index in [-0.39, 0.29) is 31.4 Å². The number of benzene rings is 2. The second-order valence-corrected chi connectivity index (χ2v) is 14.7. The van der Waals surface area contributed by atoms with Crippen LogP contribution in [0.4, 0.5) is 5.69 Å². The standard InChI is InChI=1S/C40H50ClN3O7/c1-7-9-19-32(46)42(6)26(5)35(27-15-11-10-12-16-27)50-39(49)33-31-20-21-40(51-31)34(33)37(47)44(28(24-45)23-25(3)4)36(40)38(48)43(22-8-2)30-18-14-13-17-29(30)41/h7-8,10-18,25-26,28,31,33-36,45H,1-2,9,19-24H2,3-6H3/t26-,28+,31+,33-,34-,35+,36+,40-/m0/s1. The van der Waals surface area contributed by atoms with E-state index in [0.29, 0.717) is 42.0 Å². The number of halogens is 1. The van der Waals surface area contributed by atoms with Crippen LogP contribution in [-0.2, 0) is 28.7 Å². The first-order chi connectivity index (χ1) is 24.4. The first-order valence-corrected chi connectivity index (χ1v) is 18.2. The van der Waals surface area contributed by atoms with Crippen LogP contribution in [-0.4, -0.2) is 88.6 Å². The van der Waals surface area contributed by atoms with Gasteiger partial charge in [-0.25, -0.2) is 0 Å². The van der Waals surface area contributed by atoms with Crippen molar-refractivity contribution in [3.8, 4) is 0 Å². The van der Waals surface area contributed by atoms with Crippen molar-refractivity contribution in [2.24, 2.45) is 17.8 Å². The Hall–Kier alpha value is -3.99. The zero-order valence-corrected chi connectivity index (χ0v) is 30.7. The van der Waals surface area contributed by atoms with E-state index in [1.807, 2.05) is 51.1 Å². The van der Waals surface area contributed by atoms with Crippen molar-refractivity contribution < 1.29 is 33.8 Å². The third-order valence-corrected chi connectivity index (χ3v) is 11.0. The van der Waals surface area contributed by atoms with Gasteiger partial charge in [-0.1, -0.05) is 80.1 Å². The number of ether oxygens (including phenoxy) is 2. The summed E-state index contributed by atoms with van der Waals surface area (Å²) in [5.41, 5.74) is -0.181. The van der Waals surface area contributed by atoms with Gasteiger partial charge in [0.25, 0.3) is 5.91 Å². The smallest absolute Gasteiger partial charge is 0.313 e. The Morgan fingerprint density at radius 2 is 1.78 bits per heavy atom. The van der Waals surface area contributed by atoms with Crippen molar-refractivity contribution in [3.05, 3.63) is 90.5 Å². The summed E-state index contributed by atoms with van der Waals surface area (Å²) in [5, 5.41) is 11.0. The van der Waals surface area contributed by atoms with Gasteiger partial charge >= 0.3 is 5.97 Å². The van der Waals surface area contributed by atoms with Gasteiger partial charge in [0, 0.05) is 20.0 Å². The molecule has 11 heteroatoms. The number of likely N-dealkylation sites (tertiary alicyclic amines) is 1. The Bertz CT molecular complexity index is 1620. The number of aliphatic hydroxyl groups is 1. The number of nitrogens with zero attached hydrogens (tertiary/aromatic N) is 3. The highest BCUT2D eigenvalue weighted by molar-refractivity contribution is 6.34. The third kappa shape index (κ3) is 7.23. The number of hydrogen-bond acceptors (Lipinski definition) is 7. The average Bonchev–Trinajstić information content (AvgIpc) is 3.77. The number of amides is 3. The number of likely N-dealkylation sites (N-methyl/N-ethyl adjacent to an activating group) is 1. The fourth-order valence-electron chi connectivity index (χ4n) is 8.23.